The predicted molar refractivity (Wildman–Crippen MR) is 57.6 cm³/mol. The molecule has 0 spiro atoms. The third kappa shape index (κ3) is 8.30. The Hall–Kier alpha value is 0.394. The van der Waals surface area contributed by atoms with Crippen LogP contribution >= 0.6 is 0 Å². The zero-order chi connectivity index (χ0) is 8.91. The van der Waals surface area contributed by atoms with E-state index in [4.69, 9.17) is 4.12 Å². The molecule has 1 nitrogen and oxygen atoms in total. The normalized spacial score (nSPS) is 16.4. The maximum Gasteiger partial charge on any atom is 0.145 e. The Morgan fingerprint density at radius 1 is 1.45 bits per heavy atom. The molecule has 0 bridgehead atoms. The highest BCUT2D eigenvalue weighted by molar-refractivity contribution is 6.34. The molecule has 0 aromatic heterocycles. The van der Waals surface area contributed by atoms with Crippen LogP contribution in [-0.4, -0.2) is 20.2 Å². The molecule has 0 aromatic rings. The van der Waals surface area contributed by atoms with E-state index in [-0.39, 0.29) is 9.76 Å². The lowest BCUT2D eigenvalue weighted by Crippen LogP contribution is -2.12. The van der Waals surface area contributed by atoms with Crippen molar-refractivity contribution >= 4 is 20.2 Å². The first-order valence-corrected chi connectivity index (χ1v) is 6.84. The van der Waals surface area contributed by atoms with Crippen LogP contribution in [0.4, 0.5) is 0 Å². The second kappa shape index (κ2) is 5.11. The molecule has 0 saturated heterocycles. The van der Waals surface area contributed by atoms with Crippen LogP contribution in [0.2, 0.25) is 6.04 Å². The molecule has 1 unspecified atom stereocenters. The Balaban J connectivity index is 3.44. The van der Waals surface area contributed by atoms with Crippen LogP contribution < -0.4 is 0 Å². The average Bonchev–Trinajstić information content (AvgIpc) is 1.79. The molecular weight excluding hydrogens is 168 g/mol. The fraction of sp³-hybridized carbons (Fsp3) is 1.00. The molecule has 11 heavy (non-hydrogen) atoms. The van der Waals surface area contributed by atoms with E-state index >= 15 is 0 Å². The van der Waals surface area contributed by atoms with E-state index in [1.165, 1.54) is 12.5 Å². The van der Waals surface area contributed by atoms with Crippen molar-refractivity contribution < 1.29 is 4.12 Å². The Morgan fingerprint density at radius 2 is 2.00 bits per heavy atom. The largest absolute Gasteiger partial charge is 0.468 e. The topological polar surface area (TPSA) is 9.23 Å². The quantitative estimate of drug-likeness (QED) is 0.598. The first-order valence-electron chi connectivity index (χ1n) is 4.44. The van der Waals surface area contributed by atoms with Crippen LogP contribution in [0.15, 0.2) is 0 Å². The highest BCUT2D eigenvalue weighted by Crippen LogP contribution is 2.25. The molecule has 0 aliphatic heterocycles. The smallest absolute Gasteiger partial charge is 0.145 e. The summed E-state index contributed by atoms with van der Waals surface area (Å²) >= 11 is 0. The summed E-state index contributed by atoms with van der Waals surface area (Å²) < 4.78 is 5.30. The summed E-state index contributed by atoms with van der Waals surface area (Å²) in [6, 6.07) is 1.36. The lowest BCUT2D eigenvalue weighted by Gasteiger charge is -2.22. The average molecular weight is 190 g/mol. The maximum atomic E-state index is 5.30. The molecule has 1 atom stereocenters. The Bertz CT molecular complexity index is 98.8. The van der Waals surface area contributed by atoms with Crippen molar-refractivity contribution in [2.24, 2.45) is 11.3 Å². The lowest BCUT2D eigenvalue weighted by molar-refractivity contribution is 0.318. The number of rotatable bonds is 4. The van der Waals surface area contributed by atoms with Gasteiger partial charge in [-0.2, -0.15) is 0 Å². The molecule has 0 N–H and O–H groups in total. The van der Waals surface area contributed by atoms with Gasteiger partial charge >= 0.3 is 0 Å². The standard InChI is InChI=1S/C8H22OSi2/c1-7(6-11-9-10)5-8(2,3)4/h7H,5-6,11H2,1-4,10H3. The van der Waals surface area contributed by atoms with Gasteiger partial charge in [-0.15, -0.1) is 0 Å². The van der Waals surface area contributed by atoms with Gasteiger partial charge in [0.05, 0.1) is 0 Å². The molecule has 0 rings (SSSR count). The molecule has 0 aliphatic carbocycles. The predicted octanol–water partition coefficient (Wildman–Crippen LogP) is 0.858. The molecule has 0 amide bonds. The highest BCUT2D eigenvalue weighted by atomic mass is 28.3. The van der Waals surface area contributed by atoms with Crippen molar-refractivity contribution in [3.63, 3.8) is 0 Å². The van der Waals surface area contributed by atoms with Gasteiger partial charge in [0, 0.05) is 0 Å². The van der Waals surface area contributed by atoms with Crippen LogP contribution in [0.5, 0.6) is 0 Å². The maximum absolute atomic E-state index is 5.30. The highest BCUT2D eigenvalue weighted by Gasteiger charge is 2.14. The molecule has 0 aliphatic rings. The zero-order valence-corrected chi connectivity index (χ0v) is 12.0. The zero-order valence-electron chi connectivity index (χ0n) is 8.61. The van der Waals surface area contributed by atoms with Crippen molar-refractivity contribution in [2.45, 2.75) is 40.2 Å². The van der Waals surface area contributed by atoms with Crippen LogP contribution in [-0.2, 0) is 4.12 Å². The van der Waals surface area contributed by atoms with Crippen LogP contribution in [0, 0.1) is 11.3 Å². The van der Waals surface area contributed by atoms with E-state index in [0.29, 0.717) is 5.41 Å². The first-order chi connectivity index (χ1) is 4.95. The monoisotopic (exact) mass is 190 g/mol. The van der Waals surface area contributed by atoms with Crippen molar-refractivity contribution in [3.05, 3.63) is 0 Å². The fourth-order valence-electron chi connectivity index (χ4n) is 1.47. The summed E-state index contributed by atoms with van der Waals surface area (Å²) in [5.41, 5.74) is 0.499. The van der Waals surface area contributed by atoms with E-state index in [9.17, 15) is 0 Å². The van der Waals surface area contributed by atoms with Crippen molar-refractivity contribution in [2.75, 3.05) is 0 Å². The van der Waals surface area contributed by atoms with E-state index in [1.54, 1.807) is 0 Å². The molecule has 0 radical (unpaired) electrons. The molecule has 68 valence electrons. The summed E-state index contributed by atoms with van der Waals surface area (Å²) in [5, 5.41) is 0. The van der Waals surface area contributed by atoms with Crippen LogP contribution in [0.1, 0.15) is 34.1 Å². The van der Waals surface area contributed by atoms with Gasteiger partial charge in [-0.3, -0.25) is 0 Å². The van der Waals surface area contributed by atoms with E-state index in [1.807, 2.05) is 0 Å². The van der Waals surface area contributed by atoms with Gasteiger partial charge in [0.2, 0.25) is 0 Å². The SMILES string of the molecule is CC(C[SiH2]O[SiH3])CC(C)(C)C. The molecule has 0 aromatic carbocycles. The van der Waals surface area contributed by atoms with Crippen molar-refractivity contribution in [1.82, 2.24) is 0 Å². The second-order valence-electron chi connectivity index (χ2n) is 4.65. The number of hydrogen-bond acceptors (Lipinski definition) is 1. The minimum atomic E-state index is -0.133. The summed E-state index contributed by atoms with van der Waals surface area (Å²) in [6.45, 7) is 9.28. The fourth-order valence-corrected chi connectivity index (χ4v) is 3.02. The summed E-state index contributed by atoms with van der Waals surface area (Å²) in [7, 11) is 0.815. The first kappa shape index (κ1) is 11.4. The molecule has 3 heteroatoms. The van der Waals surface area contributed by atoms with Gasteiger partial charge in [0.1, 0.15) is 20.2 Å². The van der Waals surface area contributed by atoms with Crippen LogP contribution in [0.3, 0.4) is 0 Å². The van der Waals surface area contributed by atoms with E-state index < -0.39 is 0 Å². The van der Waals surface area contributed by atoms with Gasteiger partial charge in [-0.1, -0.05) is 27.7 Å². The third-order valence-electron chi connectivity index (χ3n) is 1.78. The van der Waals surface area contributed by atoms with E-state index in [0.717, 1.165) is 16.4 Å². The van der Waals surface area contributed by atoms with Crippen LogP contribution in [0.25, 0.3) is 0 Å². The molecular formula is C8H22OSi2. The van der Waals surface area contributed by atoms with Gasteiger partial charge in [0.25, 0.3) is 0 Å². The second-order valence-corrected chi connectivity index (χ2v) is 7.95. The minimum absolute atomic E-state index is 0.133. The third-order valence-corrected chi connectivity index (χ3v) is 4.63. The molecule has 0 fully saturated rings. The van der Waals surface area contributed by atoms with Gasteiger partial charge in [-0.25, -0.2) is 0 Å². The Kier molecular flexibility index (Phi) is 5.30. The summed E-state index contributed by atoms with van der Waals surface area (Å²) in [5.74, 6) is 0.871. The van der Waals surface area contributed by atoms with E-state index in [2.05, 4.69) is 27.7 Å². The Morgan fingerprint density at radius 3 is 2.36 bits per heavy atom. The molecule has 0 saturated carbocycles. The summed E-state index contributed by atoms with van der Waals surface area (Å²) in [4.78, 5) is 0. The Labute approximate surface area is 76.4 Å². The minimum Gasteiger partial charge on any atom is -0.468 e. The van der Waals surface area contributed by atoms with Gasteiger partial charge in [0.15, 0.2) is 0 Å². The van der Waals surface area contributed by atoms with Gasteiger partial charge in [-0.05, 0) is 23.8 Å². The number of hydrogen-bond donors (Lipinski definition) is 0. The van der Waals surface area contributed by atoms with Crippen molar-refractivity contribution in [3.8, 4) is 0 Å². The van der Waals surface area contributed by atoms with Crippen molar-refractivity contribution in [1.29, 1.82) is 0 Å². The summed E-state index contributed by atoms with van der Waals surface area (Å²) in [6.07, 6.45) is 1.34. The van der Waals surface area contributed by atoms with Gasteiger partial charge < -0.3 is 4.12 Å². The molecule has 0 heterocycles. The lowest BCUT2D eigenvalue weighted by atomic mass is 9.86.